The number of H-pyrrole nitrogens is 1. The number of nitrogens with one attached hydrogen (secondary N) is 1. The highest BCUT2D eigenvalue weighted by atomic mass is 16.4. The highest BCUT2D eigenvalue weighted by Crippen LogP contribution is 2.33. The number of carboxylic acid groups (broad SMARTS) is 1. The number of aromatic nitrogens is 4. The minimum absolute atomic E-state index is 0.211. The Kier molecular flexibility index (Phi) is 4.78. The van der Waals surface area contributed by atoms with Gasteiger partial charge in [-0.3, -0.25) is 0 Å². The smallest absolute Gasteiger partial charge is 0.352 e. The Morgan fingerprint density at radius 1 is 1.06 bits per heavy atom. The van der Waals surface area contributed by atoms with Gasteiger partial charge in [0.2, 0.25) is 0 Å². The molecular formula is C26H24N4O2. The molecule has 0 amide bonds. The summed E-state index contributed by atoms with van der Waals surface area (Å²) in [4.78, 5) is 24.5. The largest absolute Gasteiger partial charge is 0.477 e. The van der Waals surface area contributed by atoms with Crippen LogP contribution in [0.25, 0.3) is 33.2 Å². The molecular weight excluding hydrogens is 400 g/mol. The standard InChI is InChI=1S/C26H24N4O2/c1-4-21-29-23-15(2)13-16(3)27-25(23)30(21)14-17-9-11-18(12-10-17)22-19-7-5-6-8-20(19)28-24(22)26(31)32/h5-13,28H,4,14H2,1-3H3,(H,31,32). The van der Waals surface area contributed by atoms with E-state index in [1.165, 1.54) is 0 Å². The van der Waals surface area contributed by atoms with Crippen molar-refractivity contribution >= 4 is 28.0 Å². The molecule has 0 spiro atoms. The highest BCUT2D eigenvalue weighted by Gasteiger charge is 2.19. The zero-order chi connectivity index (χ0) is 22.4. The van der Waals surface area contributed by atoms with Crippen molar-refractivity contribution in [3.8, 4) is 11.1 Å². The van der Waals surface area contributed by atoms with E-state index in [4.69, 9.17) is 9.97 Å². The summed E-state index contributed by atoms with van der Waals surface area (Å²) in [5, 5.41) is 10.6. The number of rotatable bonds is 5. The van der Waals surface area contributed by atoms with Crippen LogP contribution in [0.5, 0.6) is 0 Å². The fourth-order valence-electron chi connectivity index (χ4n) is 4.45. The summed E-state index contributed by atoms with van der Waals surface area (Å²) in [6, 6.07) is 17.8. The van der Waals surface area contributed by atoms with E-state index in [1.807, 2.05) is 43.3 Å². The molecule has 3 aromatic heterocycles. The van der Waals surface area contributed by atoms with Gasteiger partial charge in [-0.25, -0.2) is 14.8 Å². The summed E-state index contributed by atoms with van der Waals surface area (Å²) in [5.41, 5.74) is 7.71. The fraction of sp³-hybridized carbons (Fsp3) is 0.192. The summed E-state index contributed by atoms with van der Waals surface area (Å²) < 4.78 is 2.18. The van der Waals surface area contributed by atoms with Crippen molar-refractivity contribution in [1.82, 2.24) is 19.5 Å². The molecule has 0 radical (unpaired) electrons. The van der Waals surface area contributed by atoms with Crippen LogP contribution in [0, 0.1) is 13.8 Å². The summed E-state index contributed by atoms with van der Waals surface area (Å²) in [6.45, 7) is 6.85. The van der Waals surface area contributed by atoms with Gasteiger partial charge in [0.05, 0.1) is 6.54 Å². The molecule has 2 aromatic carbocycles. The molecule has 32 heavy (non-hydrogen) atoms. The number of carboxylic acids is 1. The second kappa shape index (κ2) is 7.64. The van der Waals surface area contributed by atoms with Crippen molar-refractivity contribution in [2.75, 3.05) is 0 Å². The van der Waals surface area contributed by atoms with Crippen LogP contribution in [-0.4, -0.2) is 30.6 Å². The Balaban J connectivity index is 1.56. The molecule has 2 N–H and O–H groups in total. The lowest BCUT2D eigenvalue weighted by Gasteiger charge is -2.10. The molecule has 0 bridgehead atoms. The van der Waals surface area contributed by atoms with Crippen LogP contribution in [0.3, 0.4) is 0 Å². The second-order valence-corrected chi connectivity index (χ2v) is 8.14. The molecule has 0 fully saturated rings. The van der Waals surface area contributed by atoms with Gasteiger partial charge in [0.25, 0.3) is 0 Å². The van der Waals surface area contributed by atoms with Gasteiger partial charge in [-0.15, -0.1) is 0 Å². The lowest BCUT2D eigenvalue weighted by atomic mass is 10.0. The number of benzene rings is 2. The number of aryl methyl sites for hydroxylation is 3. The normalized spacial score (nSPS) is 11.5. The number of aromatic amines is 1. The van der Waals surface area contributed by atoms with Crippen molar-refractivity contribution in [2.45, 2.75) is 33.7 Å². The SMILES string of the molecule is CCc1nc2c(C)cc(C)nc2n1Cc1ccc(-c2c(C(=O)O)[nH]c3ccccc23)cc1. The van der Waals surface area contributed by atoms with Crippen LogP contribution in [0.1, 0.15) is 40.1 Å². The molecule has 6 heteroatoms. The Morgan fingerprint density at radius 3 is 2.53 bits per heavy atom. The van der Waals surface area contributed by atoms with Gasteiger partial charge in [0.15, 0.2) is 5.65 Å². The number of fused-ring (bicyclic) bond motifs is 2. The van der Waals surface area contributed by atoms with Crippen LogP contribution in [0.15, 0.2) is 54.6 Å². The minimum atomic E-state index is -0.963. The third-order valence-electron chi connectivity index (χ3n) is 5.92. The predicted molar refractivity (Wildman–Crippen MR) is 126 cm³/mol. The van der Waals surface area contributed by atoms with Crippen LogP contribution in [0.2, 0.25) is 0 Å². The first-order valence-corrected chi connectivity index (χ1v) is 10.7. The number of hydrogen-bond acceptors (Lipinski definition) is 3. The maximum atomic E-state index is 11.8. The van der Waals surface area contributed by atoms with E-state index >= 15 is 0 Å². The van der Waals surface area contributed by atoms with Gasteiger partial charge in [-0.05, 0) is 42.7 Å². The van der Waals surface area contributed by atoms with E-state index in [9.17, 15) is 9.90 Å². The van der Waals surface area contributed by atoms with E-state index in [-0.39, 0.29) is 5.69 Å². The lowest BCUT2D eigenvalue weighted by molar-refractivity contribution is 0.0692. The van der Waals surface area contributed by atoms with Crippen molar-refractivity contribution < 1.29 is 9.90 Å². The molecule has 5 aromatic rings. The number of carbonyl (C=O) groups is 1. The summed E-state index contributed by atoms with van der Waals surface area (Å²) in [7, 11) is 0. The van der Waals surface area contributed by atoms with E-state index in [1.54, 1.807) is 0 Å². The van der Waals surface area contributed by atoms with Crippen LogP contribution < -0.4 is 0 Å². The van der Waals surface area contributed by atoms with Crippen LogP contribution >= 0.6 is 0 Å². The van der Waals surface area contributed by atoms with E-state index in [2.05, 4.69) is 41.6 Å². The van der Waals surface area contributed by atoms with Gasteiger partial charge in [0, 0.05) is 28.6 Å². The molecule has 0 aliphatic rings. The zero-order valence-corrected chi connectivity index (χ0v) is 18.3. The number of para-hydroxylation sites is 1. The van der Waals surface area contributed by atoms with Crippen molar-refractivity contribution in [3.05, 3.63) is 82.9 Å². The van der Waals surface area contributed by atoms with Crippen LogP contribution in [0.4, 0.5) is 0 Å². The van der Waals surface area contributed by atoms with Gasteiger partial charge >= 0.3 is 5.97 Å². The third-order valence-corrected chi connectivity index (χ3v) is 5.92. The Hall–Kier alpha value is -3.93. The highest BCUT2D eigenvalue weighted by molar-refractivity contribution is 6.07. The number of aromatic carboxylic acids is 1. The number of pyridine rings is 1. The lowest BCUT2D eigenvalue weighted by Crippen LogP contribution is -2.05. The molecule has 3 heterocycles. The monoisotopic (exact) mass is 424 g/mol. The van der Waals surface area contributed by atoms with Gasteiger partial charge in [-0.1, -0.05) is 49.4 Å². The average molecular weight is 425 g/mol. The second-order valence-electron chi connectivity index (χ2n) is 8.14. The summed E-state index contributed by atoms with van der Waals surface area (Å²) in [5.74, 6) is 0.0460. The molecule has 6 nitrogen and oxygen atoms in total. The first-order chi connectivity index (χ1) is 15.5. The van der Waals surface area contributed by atoms with Gasteiger partial charge in [0.1, 0.15) is 17.0 Å². The van der Waals surface area contributed by atoms with Crippen LogP contribution in [-0.2, 0) is 13.0 Å². The number of nitrogens with zero attached hydrogens (tertiary/aromatic N) is 3. The van der Waals surface area contributed by atoms with Crippen molar-refractivity contribution in [2.24, 2.45) is 0 Å². The molecule has 0 atom stereocenters. The quantitative estimate of drug-likeness (QED) is 0.390. The molecule has 0 aliphatic carbocycles. The van der Waals surface area contributed by atoms with Crippen molar-refractivity contribution in [3.63, 3.8) is 0 Å². The summed E-state index contributed by atoms with van der Waals surface area (Å²) >= 11 is 0. The molecule has 160 valence electrons. The van der Waals surface area contributed by atoms with Gasteiger partial charge in [-0.2, -0.15) is 0 Å². The minimum Gasteiger partial charge on any atom is -0.477 e. The molecule has 5 rings (SSSR count). The maximum absolute atomic E-state index is 11.8. The van der Waals surface area contributed by atoms with Gasteiger partial charge < -0.3 is 14.7 Å². The van der Waals surface area contributed by atoms with E-state index < -0.39 is 5.97 Å². The fourth-order valence-corrected chi connectivity index (χ4v) is 4.45. The molecule has 0 unspecified atom stereocenters. The average Bonchev–Trinajstić information content (AvgIpc) is 3.33. The Bertz CT molecular complexity index is 1480. The third kappa shape index (κ3) is 3.24. The Morgan fingerprint density at radius 2 is 1.81 bits per heavy atom. The Labute approximate surface area is 185 Å². The predicted octanol–water partition coefficient (Wildman–Crippen LogP) is 5.51. The van der Waals surface area contributed by atoms with E-state index in [0.717, 1.165) is 62.3 Å². The zero-order valence-electron chi connectivity index (χ0n) is 18.3. The first-order valence-electron chi connectivity index (χ1n) is 10.7. The summed E-state index contributed by atoms with van der Waals surface area (Å²) in [6.07, 6.45) is 0.824. The molecule has 0 aliphatic heterocycles. The topological polar surface area (TPSA) is 83.8 Å². The molecule has 0 saturated carbocycles. The number of hydrogen-bond donors (Lipinski definition) is 2. The molecule has 0 saturated heterocycles. The maximum Gasteiger partial charge on any atom is 0.352 e. The first kappa shape index (κ1) is 20.0. The van der Waals surface area contributed by atoms with Crippen molar-refractivity contribution in [1.29, 1.82) is 0 Å². The number of imidazole rings is 1. The van der Waals surface area contributed by atoms with E-state index in [0.29, 0.717) is 6.54 Å².